The Morgan fingerprint density at radius 3 is 1.93 bits per heavy atom. The van der Waals surface area contributed by atoms with Crippen molar-refractivity contribution in [1.82, 2.24) is 10.6 Å². The van der Waals surface area contributed by atoms with Gasteiger partial charge >= 0.3 is 0 Å². The van der Waals surface area contributed by atoms with Crippen LogP contribution in [0.15, 0.2) is 0 Å². The van der Waals surface area contributed by atoms with E-state index < -0.39 is 86.3 Å². The zero-order valence-electron chi connectivity index (χ0n) is 15.9. The van der Waals surface area contributed by atoms with Gasteiger partial charge in [0.2, 0.25) is 11.8 Å². The lowest BCUT2D eigenvalue weighted by Gasteiger charge is -2.47. The van der Waals surface area contributed by atoms with Crippen molar-refractivity contribution in [2.45, 2.75) is 75.1 Å². The van der Waals surface area contributed by atoms with E-state index in [1.807, 2.05) is 0 Å². The minimum absolute atomic E-state index is 0.512. The molecule has 0 aromatic carbocycles. The number of carbonyl (C=O) groups is 2. The first-order valence-electron chi connectivity index (χ1n) is 9.05. The maximum absolute atomic E-state index is 11.5. The Balaban J connectivity index is 2.23. The summed E-state index contributed by atoms with van der Waals surface area (Å²) in [6.45, 7) is 1.04. The summed E-state index contributed by atoms with van der Waals surface area (Å²) in [7, 11) is 0. The Bertz CT molecular complexity index is 577. The molecule has 0 spiro atoms. The van der Waals surface area contributed by atoms with Gasteiger partial charge in [0.05, 0.1) is 13.2 Å². The van der Waals surface area contributed by atoms with Gasteiger partial charge in [0.15, 0.2) is 12.5 Å². The van der Waals surface area contributed by atoms with Gasteiger partial charge in [-0.1, -0.05) is 0 Å². The molecule has 2 aliphatic rings. The molecule has 168 valence electrons. The minimum atomic E-state index is -1.74. The van der Waals surface area contributed by atoms with Gasteiger partial charge in [-0.15, -0.1) is 0 Å². The maximum atomic E-state index is 11.5. The summed E-state index contributed by atoms with van der Waals surface area (Å²) in [6.07, 6.45) is -13.2. The molecule has 0 aromatic rings. The molecule has 29 heavy (non-hydrogen) atoms. The molecular formula is C16H28N2O11. The summed E-state index contributed by atoms with van der Waals surface area (Å²) in [5.74, 6) is -1.05. The smallest absolute Gasteiger partial charge is 0.218 e. The average molecular weight is 424 g/mol. The van der Waals surface area contributed by atoms with Gasteiger partial charge in [-0.2, -0.15) is 0 Å². The van der Waals surface area contributed by atoms with Gasteiger partial charge in [0, 0.05) is 13.8 Å². The van der Waals surface area contributed by atoms with E-state index in [-0.39, 0.29) is 0 Å². The Hall–Kier alpha value is -1.42. The van der Waals surface area contributed by atoms with Gasteiger partial charge in [-0.05, 0) is 0 Å². The van der Waals surface area contributed by atoms with Crippen LogP contribution in [0.3, 0.4) is 0 Å². The highest BCUT2D eigenvalue weighted by Gasteiger charge is 2.51. The predicted octanol–water partition coefficient (Wildman–Crippen LogP) is -5.11. The molecular weight excluding hydrogens is 396 g/mol. The number of aliphatic hydroxyl groups excluding tert-OH is 6. The molecule has 0 aromatic heterocycles. The van der Waals surface area contributed by atoms with E-state index in [0.29, 0.717) is 0 Å². The van der Waals surface area contributed by atoms with Gasteiger partial charge in [0.1, 0.15) is 48.8 Å². The molecule has 8 N–H and O–H groups in total. The largest absolute Gasteiger partial charge is 0.394 e. The second-order valence-corrected chi connectivity index (χ2v) is 6.99. The van der Waals surface area contributed by atoms with Crippen LogP contribution in [0.4, 0.5) is 0 Å². The average Bonchev–Trinajstić information content (AvgIpc) is 2.66. The summed E-state index contributed by atoms with van der Waals surface area (Å²) in [5.41, 5.74) is 0. The lowest BCUT2D eigenvalue weighted by atomic mass is 9.94. The summed E-state index contributed by atoms with van der Waals surface area (Å²) in [5, 5.41) is 64.3. The normalized spacial score (nSPS) is 42.9. The summed E-state index contributed by atoms with van der Waals surface area (Å²) in [6, 6.07) is -1.17. The summed E-state index contributed by atoms with van der Waals surface area (Å²) >= 11 is 0. The van der Waals surface area contributed by atoms with Crippen LogP contribution in [0, 0.1) is 0 Å². The number of rotatable bonds is 6. The number of ether oxygens (including phenoxy) is 3. The number of hydrogen-bond acceptors (Lipinski definition) is 11. The third-order valence-corrected chi connectivity index (χ3v) is 4.75. The molecule has 10 atom stereocenters. The fraction of sp³-hybridized carbons (Fsp3) is 0.875. The molecule has 2 fully saturated rings. The fourth-order valence-corrected chi connectivity index (χ4v) is 3.32. The van der Waals surface area contributed by atoms with E-state index in [9.17, 15) is 40.2 Å². The van der Waals surface area contributed by atoms with Crippen LogP contribution in [0.2, 0.25) is 0 Å². The standard InChI is InChI=1S/C16H28N2O11/c1-5(21)17-9-11(24)14(8(4-20)27-15(9)18-6(2)22)29-16-13(26)12(25)10(23)7(3-19)28-16/h7-16,19-20,23-26H,3-4H2,1-2H3,(H,17,21)(H,18,22)/t7-,8-,9-,10+,11-,12+,13-,14-,15-,16+/m1/s1. The van der Waals surface area contributed by atoms with Crippen molar-refractivity contribution in [3.05, 3.63) is 0 Å². The molecule has 0 bridgehead atoms. The maximum Gasteiger partial charge on any atom is 0.218 e. The first-order chi connectivity index (χ1) is 13.6. The molecule has 0 aliphatic carbocycles. The zero-order chi connectivity index (χ0) is 21.9. The SMILES string of the molecule is CC(=O)N[C@@H]1[C@@H](O)[C@H](O[C@@H]2O[C@H](CO)[C@H](O)[C@H](O)[C@H]2O)[C@@H](CO)O[C@H]1NC(C)=O. The summed E-state index contributed by atoms with van der Waals surface area (Å²) < 4.78 is 16.3. The van der Waals surface area contributed by atoms with Crippen molar-refractivity contribution in [3.63, 3.8) is 0 Å². The highest BCUT2D eigenvalue weighted by molar-refractivity contribution is 5.75. The van der Waals surface area contributed by atoms with Crippen molar-refractivity contribution in [2.75, 3.05) is 13.2 Å². The monoisotopic (exact) mass is 424 g/mol. The third-order valence-electron chi connectivity index (χ3n) is 4.75. The number of amides is 2. The van der Waals surface area contributed by atoms with Gasteiger partial charge in [-0.3, -0.25) is 9.59 Å². The molecule has 0 saturated carbocycles. The van der Waals surface area contributed by atoms with E-state index in [4.69, 9.17) is 14.2 Å². The van der Waals surface area contributed by atoms with Crippen LogP contribution in [-0.4, -0.2) is 117 Å². The fourth-order valence-electron chi connectivity index (χ4n) is 3.32. The van der Waals surface area contributed by atoms with E-state index in [0.717, 1.165) is 0 Å². The second-order valence-electron chi connectivity index (χ2n) is 6.99. The molecule has 2 saturated heterocycles. The highest BCUT2D eigenvalue weighted by atomic mass is 16.7. The second kappa shape index (κ2) is 10.1. The number of nitrogens with one attached hydrogen (secondary N) is 2. The van der Waals surface area contributed by atoms with Gasteiger partial charge in [-0.25, -0.2) is 0 Å². The Morgan fingerprint density at radius 2 is 1.41 bits per heavy atom. The quantitative estimate of drug-likeness (QED) is 0.202. The zero-order valence-corrected chi connectivity index (χ0v) is 15.9. The molecule has 13 heteroatoms. The number of carbonyl (C=O) groups excluding carboxylic acids is 2. The molecule has 2 heterocycles. The molecule has 2 amide bonds. The van der Waals surface area contributed by atoms with E-state index in [2.05, 4.69) is 10.6 Å². The van der Waals surface area contributed by atoms with E-state index in [1.165, 1.54) is 13.8 Å². The Labute approximate surface area is 166 Å². The molecule has 0 radical (unpaired) electrons. The molecule has 2 rings (SSSR count). The van der Waals surface area contributed by atoms with Gasteiger partial charge in [0.25, 0.3) is 0 Å². The third kappa shape index (κ3) is 5.39. The van der Waals surface area contributed by atoms with Crippen molar-refractivity contribution in [2.24, 2.45) is 0 Å². The number of hydrogen-bond donors (Lipinski definition) is 8. The van der Waals surface area contributed by atoms with Crippen LogP contribution in [0.1, 0.15) is 13.8 Å². The predicted molar refractivity (Wildman–Crippen MR) is 91.8 cm³/mol. The first kappa shape index (κ1) is 23.9. The van der Waals surface area contributed by atoms with E-state index >= 15 is 0 Å². The van der Waals surface area contributed by atoms with Crippen molar-refractivity contribution in [3.8, 4) is 0 Å². The number of aliphatic hydroxyl groups is 6. The van der Waals surface area contributed by atoms with Crippen LogP contribution in [0.5, 0.6) is 0 Å². The summed E-state index contributed by atoms with van der Waals surface area (Å²) in [4.78, 5) is 22.9. The van der Waals surface area contributed by atoms with Crippen LogP contribution in [-0.2, 0) is 23.8 Å². The van der Waals surface area contributed by atoms with Crippen LogP contribution >= 0.6 is 0 Å². The van der Waals surface area contributed by atoms with Crippen LogP contribution in [0.25, 0.3) is 0 Å². The molecule has 0 unspecified atom stereocenters. The van der Waals surface area contributed by atoms with Crippen molar-refractivity contribution in [1.29, 1.82) is 0 Å². The van der Waals surface area contributed by atoms with E-state index in [1.54, 1.807) is 0 Å². The minimum Gasteiger partial charge on any atom is -0.394 e. The first-order valence-corrected chi connectivity index (χ1v) is 9.05. The molecule has 2 aliphatic heterocycles. The van der Waals surface area contributed by atoms with Gasteiger partial charge < -0.3 is 55.5 Å². The Kier molecular flexibility index (Phi) is 8.28. The van der Waals surface area contributed by atoms with Crippen molar-refractivity contribution < 1.29 is 54.4 Å². The van der Waals surface area contributed by atoms with Crippen LogP contribution < -0.4 is 10.6 Å². The topological polar surface area (TPSA) is 207 Å². The highest BCUT2D eigenvalue weighted by Crippen LogP contribution is 2.28. The lowest BCUT2D eigenvalue weighted by molar-refractivity contribution is -0.336. The Morgan fingerprint density at radius 1 is 0.828 bits per heavy atom. The molecule has 13 nitrogen and oxygen atoms in total. The van der Waals surface area contributed by atoms with Crippen molar-refractivity contribution >= 4 is 11.8 Å². The lowest BCUT2D eigenvalue weighted by Crippen LogP contribution is -2.69.